The monoisotopic (exact) mass is 209 g/mol. The Hall–Kier alpha value is -0.850. The SMILES string of the molecule is CCOCCOCC(C)N.O=C(O)O. The molecule has 0 rings (SSSR count). The fourth-order valence-electron chi connectivity index (χ4n) is 0.531. The summed E-state index contributed by atoms with van der Waals surface area (Å²) >= 11 is 0. The molecule has 0 aromatic rings. The van der Waals surface area contributed by atoms with Gasteiger partial charge in [0.2, 0.25) is 0 Å². The van der Waals surface area contributed by atoms with Crippen molar-refractivity contribution in [2.75, 3.05) is 26.4 Å². The van der Waals surface area contributed by atoms with Gasteiger partial charge in [-0.05, 0) is 13.8 Å². The van der Waals surface area contributed by atoms with Gasteiger partial charge in [0.15, 0.2) is 0 Å². The Labute approximate surface area is 83.6 Å². The van der Waals surface area contributed by atoms with Crippen LogP contribution in [0, 0.1) is 0 Å². The van der Waals surface area contributed by atoms with Gasteiger partial charge >= 0.3 is 6.16 Å². The molecule has 0 heterocycles. The maximum absolute atomic E-state index is 8.56. The normalized spacial score (nSPS) is 11.4. The van der Waals surface area contributed by atoms with E-state index < -0.39 is 6.16 Å². The smallest absolute Gasteiger partial charge is 0.450 e. The van der Waals surface area contributed by atoms with Crippen molar-refractivity contribution in [3.05, 3.63) is 0 Å². The van der Waals surface area contributed by atoms with Crippen LogP contribution in [0.1, 0.15) is 13.8 Å². The molecule has 0 radical (unpaired) electrons. The fraction of sp³-hybridized carbons (Fsp3) is 0.875. The summed E-state index contributed by atoms with van der Waals surface area (Å²) in [5.41, 5.74) is 5.44. The van der Waals surface area contributed by atoms with E-state index in [9.17, 15) is 0 Å². The maximum atomic E-state index is 8.56. The number of nitrogens with two attached hydrogens (primary N) is 1. The van der Waals surface area contributed by atoms with Crippen LogP contribution < -0.4 is 5.73 Å². The van der Waals surface area contributed by atoms with E-state index >= 15 is 0 Å². The highest BCUT2D eigenvalue weighted by Crippen LogP contribution is 1.80. The van der Waals surface area contributed by atoms with Crippen molar-refractivity contribution in [2.45, 2.75) is 19.9 Å². The van der Waals surface area contributed by atoms with E-state index in [1.807, 2.05) is 13.8 Å². The molecule has 0 aromatic heterocycles. The molecule has 0 aliphatic carbocycles. The van der Waals surface area contributed by atoms with E-state index in [0.29, 0.717) is 19.8 Å². The molecule has 1 unspecified atom stereocenters. The average molecular weight is 209 g/mol. The van der Waals surface area contributed by atoms with E-state index in [4.69, 9.17) is 30.2 Å². The van der Waals surface area contributed by atoms with Crippen LogP contribution >= 0.6 is 0 Å². The predicted molar refractivity (Wildman–Crippen MR) is 51.6 cm³/mol. The van der Waals surface area contributed by atoms with Gasteiger partial charge in [-0.1, -0.05) is 0 Å². The predicted octanol–water partition coefficient (Wildman–Crippen LogP) is 0.609. The zero-order valence-corrected chi connectivity index (χ0v) is 8.60. The van der Waals surface area contributed by atoms with Gasteiger partial charge in [-0.2, -0.15) is 0 Å². The number of carboxylic acid groups (broad SMARTS) is 2. The molecule has 0 bridgehead atoms. The number of hydrogen-bond donors (Lipinski definition) is 3. The third kappa shape index (κ3) is 30.4. The van der Waals surface area contributed by atoms with Crippen molar-refractivity contribution in [1.82, 2.24) is 0 Å². The standard InChI is InChI=1S/C7H17NO2.CH2O3/c1-3-9-4-5-10-6-7(2)8;2-1(3)4/h7H,3-6,8H2,1-2H3;(H2,2,3,4). The van der Waals surface area contributed by atoms with Gasteiger partial charge in [-0.15, -0.1) is 0 Å². The van der Waals surface area contributed by atoms with E-state index in [2.05, 4.69) is 0 Å². The molecule has 0 aliphatic heterocycles. The third-order valence-electron chi connectivity index (χ3n) is 0.957. The van der Waals surface area contributed by atoms with Crippen LogP contribution in [0.2, 0.25) is 0 Å². The molecule has 0 amide bonds. The molecule has 0 aromatic carbocycles. The molecule has 0 saturated heterocycles. The zero-order chi connectivity index (χ0) is 11.4. The van der Waals surface area contributed by atoms with E-state index in [1.54, 1.807) is 0 Å². The maximum Gasteiger partial charge on any atom is 0.503 e. The Balaban J connectivity index is 0. The molecule has 86 valence electrons. The van der Waals surface area contributed by atoms with Gasteiger partial charge in [0, 0.05) is 12.6 Å². The lowest BCUT2D eigenvalue weighted by molar-refractivity contribution is 0.0489. The van der Waals surface area contributed by atoms with Gasteiger partial charge in [0.05, 0.1) is 19.8 Å². The summed E-state index contributed by atoms with van der Waals surface area (Å²) in [5, 5.41) is 13.9. The fourth-order valence-corrected chi connectivity index (χ4v) is 0.531. The highest BCUT2D eigenvalue weighted by molar-refractivity contribution is 5.53. The number of ether oxygens (including phenoxy) is 2. The molecule has 6 nitrogen and oxygen atoms in total. The van der Waals surface area contributed by atoms with Crippen molar-refractivity contribution in [2.24, 2.45) is 5.73 Å². The van der Waals surface area contributed by atoms with Crippen LogP contribution in [0.25, 0.3) is 0 Å². The minimum Gasteiger partial charge on any atom is -0.450 e. The molecule has 0 aliphatic rings. The summed E-state index contributed by atoms with van der Waals surface area (Å²) in [4.78, 5) is 8.56. The molecule has 0 spiro atoms. The summed E-state index contributed by atoms with van der Waals surface area (Å²) in [5.74, 6) is 0. The van der Waals surface area contributed by atoms with Gasteiger partial charge in [0.25, 0.3) is 0 Å². The van der Waals surface area contributed by atoms with Gasteiger partial charge in [-0.3, -0.25) is 0 Å². The first kappa shape index (κ1) is 15.6. The first-order valence-corrected chi connectivity index (χ1v) is 4.33. The van der Waals surface area contributed by atoms with Crippen molar-refractivity contribution in [3.8, 4) is 0 Å². The minimum absolute atomic E-state index is 0.127. The lowest BCUT2D eigenvalue weighted by atomic mass is 10.4. The van der Waals surface area contributed by atoms with Crippen LogP contribution in [0.4, 0.5) is 4.79 Å². The molecular weight excluding hydrogens is 190 g/mol. The van der Waals surface area contributed by atoms with Crippen LogP contribution in [-0.2, 0) is 9.47 Å². The summed E-state index contributed by atoms with van der Waals surface area (Å²) in [7, 11) is 0. The van der Waals surface area contributed by atoms with Crippen LogP contribution in [-0.4, -0.2) is 48.8 Å². The van der Waals surface area contributed by atoms with Crippen molar-refractivity contribution < 1.29 is 24.5 Å². The van der Waals surface area contributed by atoms with E-state index in [-0.39, 0.29) is 6.04 Å². The summed E-state index contributed by atoms with van der Waals surface area (Å²) < 4.78 is 10.2. The second-order valence-corrected chi connectivity index (χ2v) is 2.53. The van der Waals surface area contributed by atoms with Crippen molar-refractivity contribution in [3.63, 3.8) is 0 Å². The summed E-state index contributed by atoms with van der Waals surface area (Å²) in [6, 6.07) is 0.127. The number of rotatable bonds is 6. The van der Waals surface area contributed by atoms with Gasteiger partial charge in [-0.25, -0.2) is 4.79 Å². The summed E-state index contributed by atoms with van der Waals surface area (Å²) in [6.07, 6.45) is -1.83. The second kappa shape index (κ2) is 12.2. The molecule has 0 saturated carbocycles. The van der Waals surface area contributed by atoms with Gasteiger partial charge in [0.1, 0.15) is 0 Å². The largest absolute Gasteiger partial charge is 0.503 e. The third-order valence-corrected chi connectivity index (χ3v) is 0.957. The molecular formula is C8H19NO5. The second-order valence-electron chi connectivity index (χ2n) is 2.53. The molecule has 0 fully saturated rings. The van der Waals surface area contributed by atoms with E-state index in [0.717, 1.165) is 6.61 Å². The first-order chi connectivity index (χ1) is 6.50. The van der Waals surface area contributed by atoms with E-state index in [1.165, 1.54) is 0 Å². The van der Waals surface area contributed by atoms with Gasteiger partial charge < -0.3 is 25.4 Å². The van der Waals surface area contributed by atoms with Crippen molar-refractivity contribution in [1.29, 1.82) is 0 Å². The quantitative estimate of drug-likeness (QED) is 0.554. The zero-order valence-electron chi connectivity index (χ0n) is 8.60. The lowest BCUT2D eigenvalue weighted by Gasteiger charge is -2.05. The first-order valence-electron chi connectivity index (χ1n) is 4.33. The number of hydrogen-bond acceptors (Lipinski definition) is 4. The van der Waals surface area contributed by atoms with Crippen molar-refractivity contribution >= 4 is 6.16 Å². The Morgan fingerprint density at radius 3 is 2.14 bits per heavy atom. The van der Waals surface area contributed by atoms with Crippen LogP contribution in [0.5, 0.6) is 0 Å². The molecule has 4 N–H and O–H groups in total. The Kier molecular flexibility index (Phi) is 13.6. The highest BCUT2D eigenvalue weighted by atomic mass is 16.6. The lowest BCUT2D eigenvalue weighted by Crippen LogP contribution is -2.22. The molecule has 6 heteroatoms. The summed E-state index contributed by atoms with van der Waals surface area (Å²) in [6.45, 7) is 6.57. The Morgan fingerprint density at radius 1 is 1.36 bits per heavy atom. The topological polar surface area (TPSA) is 102 Å². The molecule has 14 heavy (non-hydrogen) atoms. The van der Waals surface area contributed by atoms with Crippen LogP contribution in [0.3, 0.4) is 0 Å². The highest BCUT2D eigenvalue weighted by Gasteiger charge is 1.92. The number of carbonyl (C=O) groups is 1. The average Bonchev–Trinajstić information content (AvgIpc) is 2.02. The Morgan fingerprint density at radius 2 is 1.79 bits per heavy atom. The molecule has 1 atom stereocenters. The minimum atomic E-state index is -1.83. The van der Waals surface area contributed by atoms with Crippen LogP contribution in [0.15, 0.2) is 0 Å². The Bertz CT molecular complexity index is 125.